The third kappa shape index (κ3) is 4.27. The van der Waals surface area contributed by atoms with Gasteiger partial charge in [0, 0.05) is 5.56 Å². The molecule has 1 heterocycles. The van der Waals surface area contributed by atoms with Gasteiger partial charge < -0.3 is 14.6 Å². The average molecular weight is 368 g/mol. The summed E-state index contributed by atoms with van der Waals surface area (Å²) in [6, 6.07) is 13.3. The van der Waals surface area contributed by atoms with Gasteiger partial charge in [-0.3, -0.25) is 4.79 Å². The molecule has 2 aromatic carbocycles. The lowest BCUT2D eigenvalue weighted by Gasteiger charge is -2.06. The molecule has 3 rings (SSSR count). The van der Waals surface area contributed by atoms with Crippen LogP contribution in [0, 0.1) is 0 Å². The Morgan fingerprint density at radius 2 is 1.89 bits per heavy atom. The van der Waals surface area contributed by atoms with E-state index in [2.05, 4.69) is 15.4 Å². The van der Waals surface area contributed by atoms with Crippen molar-refractivity contribution in [3.8, 4) is 22.9 Å². The van der Waals surface area contributed by atoms with Crippen LogP contribution in [0.25, 0.3) is 11.4 Å². The summed E-state index contributed by atoms with van der Waals surface area (Å²) in [6.07, 6.45) is 0. The monoisotopic (exact) mass is 368 g/mol. The fourth-order valence-corrected chi connectivity index (χ4v) is 2.35. The lowest BCUT2D eigenvalue weighted by atomic mass is 10.1. The smallest absolute Gasteiger partial charge is 0.330 e. The average Bonchev–Trinajstić information content (AvgIpc) is 3.14. The Balaban J connectivity index is 1.62. The number of esters is 1. The van der Waals surface area contributed by atoms with Crippen molar-refractivity contribution < 1.29 is 24.2 Å². The normalized spacial score (nSPS) is 10.4. The number of phenolic OH excluding ortho intramolecular Hbond substituents is 1. The predicted molar refractivity (Wildman–Crippen MR) is 93.2 cm³/mol. The molecule has 0 aliphatic carbocycles. The Labute approximate surface area is 154 Å². The number of aromatic nitrogens is 4. The number of hydrogen-bond donors (Lipinski definition) is 1. The van der Waals surface area contributed by atoms with Gasteiger partial charge in [0.2, 0.25) is 5.82 Å². The summed E-state index contributed by atoms with van der Waals surface area (Å²) < 4.78 is 10.1. The number of nitrogens with zero attached hydrogens (tertiary/aromatic N) is 4. The van der Waals surface area contributed by atoms with Crippen molar-refractivity contribution in [2.24, 2.45) is 0 Å². The maximum absolute atomic E-state index is 11.9. The number of ether oxygens (including phenoxy) is 2. The van der Waals surface area contributed by atoms with Gasteiger partial charge in [0.05, 0.1) is 12.7 Å². The number of tetrazole rings is 1. The maximum Gasteiger partial charge on any atom is 0.330 e. The van der Waals surface area contributed by atoms with Gasteiger partial charge >= 0.3 is 5.97 Å². The minimum Gasteiger partial charge on any atom is -0.504 e. The van der Waals surface area contributed by atoms with Crippen molar-refractivity contribution in [2.45, 2.75) is 6.54 Å². The number of carbonyl (C=O) groups excluding carboxylic acids is 2. The van der Waals surface area contributed by atoms with Crippen molar-refractivity contribution >= 4 is 11.8 Å². The molecule has 3 aromatic rings. The van der Waals surface area contributed by atoms with Crippen LogP contribution in [0.15, 0.2) is 48.5 Å². The van der Waals surface area contributed by atoms with Crippen LogP contribution in [-0.2, 0) is 16.1 Å². The highest BCUT2D eigenvalue weighted by Crippen LogP contribution is 2.34. The first-order chi connectivity index (χ1) is 13.1. The number of rotatable bonds is 7. The number of phenols is 1. The largest absolute Gasteiger partial charge is 0.504 e. The SMILES string of the molecule is COc1c(O)cccc1-c1nnn(CC(=O)OCC(=O)c2ccccc2)n1. The number of carbonyl (C=O) groups is 2. The Hall–Kier alpha value is -3.75. The van der Waals surface area contributed by atoms with Crippen LogP contribution in [0.2, 0.25) is 0 Å². The molecule has 0 atom stereocenters. The van der Waals surface area contributed by atoms with Crippen LogP contribution in [0.3, 0.4) is 0 Å². The van der Waals surface area contributed by atoms with E-state index in [1.807, 2.05) is 0 Å². The van der Waals surface area contributed by atoms with Gasteiger partial charge in [-0.15, -0.1) is 10.2 Å². The quantitative estimate of drug-likeness (QED) is 0.492. The number of aromatic hydroxyl groups is 1. The van der Waals surface area contributed by atoms with E-state index >= 15 is 0 Å². The first-order valence-corrected chi connectivity index (χ1v) is 7.96. The van der Waals surface area contributed by atoms with Crippen LogP contribution >= 0.6 is 0 Å². The van der Waals surface area contributed by atoms with Crippen molar-refractivity contribution in [1.82, 2.24) is 20.2 Å². The molecular weight excluding hydrogens is 352 g/mol. The first kappa shape index (κ1) is 18.1. The van der Waals surface area contributed by atoms with Gasteiger partial charge in [-0.2, -0.15) is 4.80 Å². The summed E-state index contributed by atoms with van der Waals surface area (Å²) in [4.78, 5) is 24.9. The maximum atomic E-state index is 11.9. The molecule has 27 heavy (non-hydrogen) atoms. The molecule has 0 saturated heterocycles. The number of Topliss-reactive ketones (excluding diaryl/α,β-unsaturated/α-hetero) is 1. The minimum absolute atomic E-state index is 0.0646. The molecule has 0 aliphatic heterocycles. The van der Waals surface area contributed by atoms with Gasteiger partial charge in [0.25, 0.3) is 0 Å². The predicted octanol–water partition coefficient (Wildman–Crippen LogP) is 1.48. The number of ketones is 1. The van der Waals surface area contributed by atoms with E-state index in [-0.39, 0.29) is 36.3 Å². The summed E-state index contributed by atoms with van der Waals surface area (Å²) in [7, 11) is 1.41. The molecule has 0 fully saturated rings. The molecule has 0 saturated carbocycles. The lowest BCUT2D eigenvalue weighted by molar-refractivity contribution is -0.143. The van der Waals surface area contributed by atoms with E-state index in [0.29, 0.717) is 11.1 Å². The van der Waals surface area contributed by atoms with Crippen molar-refractivity contribution in [2.75, 3.05) is 13.7 Å². The molecule has 1 N–H and O–H groups in total. The van der Waals surface area contributed by atoms with Gasteiger partial charge in [-0.25, -0.2) is 4.79 Å². The number of benzene rings is 2. The number of hydrogen-bond acceptors (Lipinski definition) is 8. The Morgan fingerprint density at radius 1 is 1.11 bits per heavy atom. The second-order valence-corrected chi connectivity index (χ2v) is 5.45. The van der Waals surface area contributed by atoms with E-state index in [1.54, 1.807) is 42.5 Å². The highest BCUT2D eigenvalue weighted by Gasteiger charge is 2.17. The Kier molecular flexibility index (Phi) is 5.41. The van der Waals surface area contributed by atoms with E-state index < -0.39 is 5.97 Å². The van der Waals surface area contributed by atoms with Crippen molar-refractivity contribution in [1.29, 1.82) is 0 Å². The van der Waals surface area contributed by atoms with Crippen molar-refractivity contribution in [3.63, 3.8) is 0 Å². The highest BCUT2D eigenvalue weighted by molar-refractivity contribution is 5.97. The molecule has 138 valence electrons. The van der Waals surface area contributed by atoms with E-state index in [4.69, 9.17) is 9.47 Å². The van der Waals surface area contributed by atoms with E-state index in [1.165, 1.54) is 13.2 Å². The van der Waals surface area contributed by atoms with E-state index in [0.717, 1.165) is 4.80 Å². The van der Waals surface area contributed by atoms with Gasteiger partial charge in [0.1, 0.15) is 0 Å². The molecular formula is C18H16N4O5. The summed E-state index contributed by atoms with van der Waals surface area (Å²) >= 11 is 0. The molecule has 0 bridgehead atoms. The molecule has 0 radical (unpaired) electrons. The second kappa shape index (κ2) is 8.09. The highest BCUT2D eigenvalue weighted by atomic mass is 16.5. The zero-order valence-electron chi connectivity index (χ0n) is 14.4. The topological polar surface area (TPSA) is 116 Å². The summed E-state index contributed by atoms with van der Waals surface area (Å²) in [5, 5.41) is 21.5. The third-order valence-electron chi connectivity index (χ3n) is 3.62. The summed E-state index contributed by atoms with van der Waals surface area (Å²) in [6.45, 7) is -0.680. The molecule has 9 nitrogen and oxygen atoms in total. The van der Waals surface area contributed by atoms with Gasteiger partial charge in [-0.05, 0) is 17.3 Å². The molecule has 0 unspecified atom stereocenters. The van der Waals surface area contributed by atoms with Crippen molar-refractivity contribution in [3.05, 3.63) is 54.1 Å². The summed E-state index contributed by atoms with van der Waals surface area (Å²) in [5.41, 5.74) is 0.888. The zero-order chi connectivity index (χ0) is 19.2. The Morgan fingerprint density at radius 3 is 2.63 bits per heavy atom. The molecule has 0 spiro atoms. The Bertz CT molecular complexity index is 955. The zero-order valence-corrected chi connectivity index (χ0v) is 14.4. The second-order valence-electron chi connectivity index (χ2n) is 5.45. The standard InChI is InChI=1S/C18H16N4O5/c1-26-17-13(8-5-9-14(17)23)18-19-21-22(20-18)10-16(25)27-11-15(24)12-6-3-2-4-7-12/h2-9,23H,10-11H2,1H3. The first-order valence-electron chi connectivity index (χ1n) is 7.96. The number of methoxy groups -OCH3 is 1. The van der Waals surface area contributed by atoms with Gasteiger partial charge in [-0.1, -0.05) is 36.4 Å². The van der Waals surface area contributed by atoms with Crippen LogP contribution in [0.5, 0.6) is 11.5 Å². The fourth-order valence-electron chi connectivity index (χ4n) is 2.35. The van der Waals surface area contributed by atoms with Gasteiger partial charge in [0.15, 0.2) is 30.4 Å². The van der Waals surface area contributed by atoms with Crippen LogP contribution in [0.1, 0.15) is 10.4 Å². The lowest BCUT2D eigenvalue weighted by Crippen LogP contribution is -2.19. The molecule has 1 aromatic heterocycles. The fraction of sp³-hybridized carbons (Fsp3) is 0.167. The van der Waals surface area contributed by atoms with Crippen LogP contribution < -0.4 is 4.74 Å². The molecule has 0 aliphatic rings. The third-order valence-corrected chi connectivity index (χ3v) is 3.62. The molecule has 0 amide bonds. The van der Waals surface area contributed by atoms with Crippen LogP contribution in [0.4, 0.5) is 0 Å². The van der Waals surface area contributed by atoms with E-state index in [9.17, 15) is 14.7 Å². The summed E-state index contributed by atoms with van der Waals surface area (Å²) in [5.74, 6) is -0.666. The minimum atomic E-state index is -0.675. The molecule has 9 heteroatoms. The number of para-hydroxylation sites is 1. The van der Waals surface area contributed by atoms with Crippen LogP contribution in [-0.4, -0.2) is 50.8 Å².